The Balaban J connectivity index is 2.84. The lowest BCUT2D eigenvalue weighted by Crippen LogP contribution is -2.38. The van der Waals surface area contributed by atoms with Crippen LogP contribution in [0.15, 0.2) is 24.3 Å². The molecular formula is C15H22ClNO3. The summed E-state index contributed by atoms with van der Waals surface area (Å²) in [5.41, 5.74) is 0.672. The molecule has 0 saturated heterocycles. The van der Waals surface area contributed by atoms with Crippen LogP contribution in [0, 0.1) is 5.92 Å². The van der Waals surface area contributed by atoms with Crippen molar-refractivity contribution in [1.29, 1.82) is 0 Å². The first-order chi connectivity index (χ1) is 9.49. The molecule has 1 unspecified atom stereocenters. The topological polar surface area (TPSA) is 49.8 Å². The number of alkyl halides is 1. The molecule has 0 heterocycles. The quantitative estimate of drug-likeness (QED) is 0.787. The van der Waals surface area contributed by atoms with Gasteiger partial charge in [0.1, 0.15) is 17.7 Å². The molecule has 0 fully saturated rings. The van der Waals surface area contributed by atoms with Gasteiger partial charge in [-0.3, -0.25) is 4.79 Å². The Morgan fingerprint density at radius 2 is 2.00 bits per heavy atom. The number of ether oxygens (including phenoxy) is 1. The third-order valence-corrected chi connectivity index (χ3v) is 3.17. The number of methoxy groups -OCH3 is 1. The number of carbonyl (C=O) groups excluding carboxylic acids is 1. The molecule has 5 heteroatoms. The molecule has 0 spiro atoms. The number of aliphatic hydroxyl groups excluding tert-OH is 1. The minimum Gasteiger partial charge on any atom is -0.496 e. The van der Waals surface area contributed by atoms with E-state index in [9.17, 15) is 9.90 Å². The Bertz CT molecular complexity index is 437. The molecule has 0 radical (unpaired) electrons. The maximum atomic E-state index is 11.8. The molecule has 0 saturated carbocycles. The third kappa shape index (κ3) is 4.69. The standard InChI is InChI=1S/C15H22ClNO3/c1-11(2)9-17(15(19)8-16)10-13(18)12-6-4-5-7-14(12)20-3/h4-7,11,13,18H,8-10H2,1-3H3. The summed E-state index contributed by atoms with van der Waals surface area (Å²) in [6, 6.07) is 7.25. The van der Waals surface area contributed by atoms with Gasteiger partial charge in [0, 0.05) is 12.1 Å². The van der Waals surface area contributed by atoms with E-state index in [1.807, 2.05) is 26.0 Å². The van der Waals surface area contributed by atoms with Crippen LogP contribution in [-0.4, -0.2) is 42.0 Å². The van der Waals surface area contributed by atoms with Crippen LogP contribution in [0.1, 0.15) is 25.5 Å². The van der Waals surface area contributed by atoms with Crippen LogP contribution >= 0.6 is 11.6 Å². The Labute approximate surface area is 125 Å². The first-order valence-electron chi connectivity index (χ1n) is 6.64. The Morgan fingerprint density at radius 3 is 2.55 bits per heavy atom. The summed E-state index contributed by atoms with van der Waals surface area (Å²) in [5, 5.41) is 10.3. The van der Waals surface area contributed by atoms with E-state index in [2.05, 4.69) is 0 Å². The maximum Gasteiger partial charge on any atom is 0.237 e. The number of benzene rings is 1. The number of carbonyl (C=O) groups is 1. The lowest BCUT2D eigenvalue weighted by atomic mass is 10.1. The smallest absolute Gasteiger partial charge is 0.237 e. The highest BCUT2D eigenvalue weighted by Crippen LogP contribution is 2.25. The van der Waals surface area contributed by atoms with Crippen LogP contribution in [-0.2, 0) is 4.79 Å². The van der Waals surface area contributed by atoms with Crippen molar-refractivity contribution in [2.45, 2.75) is 20.0 Å². The molecule has 1 N–H and O–H groups in total. The lowest BCUT2D eigenvalue weighted by molar-refractivity contribution is -0.130. The molecule has 1 aromatic rings. The molecular weight excluding hydrogens is 278 g/mol. The zero-order valence-electron chi connectivity index (χ0n) is 12.2. The maximum absolute atomic E-state index is 11.8. The summed E-state index contributed by atoms with van der Waals surface area (Å²) in [5.74, 6) is 0.676. The molecule has 1 rings (SSSR count). The van der Waals surface area contributed by atoms with Gasteiger partial charge >= 0.3 is 0 Å². The van der Waals surface area contributed by atoms with Gasteiger partial charge in [0.05, 0.1) is 13.7 Å². The molecule has 1 aromatic carbocycles. The van der Waals surface area contributed by atoms with Crippen molar-refractivity contribution in [3.63, 3.8) is 0 Å². The van der Waals surface area contributed by atoms with E-state index < -0.39 is 6.10 Å². The number of halogens is 1. The second kappa shape index (κ2) is 8.12. The van der Waals surface area contributed by atoms with Crippen molar-refractivity contribution >= 4 is 17.5 Å². The van der Waals surface area contributed by atoms with E-state index in [0.717, 1.165) is 0 Å². The fourth-order valence-electron chi connectivity index (χ4n) is 2.05. The van der Waals surface area contributed by atoms with Gasteiger partial charge in [0.2, 0.25) is 5.91 Å². The first-order valence-corrected chi connectivity index (χ1v) is 7.17. The average Bonchev–Trinajstić information content (AvgIpc) is 2.45. The van der Waals surface area contributed by atoms with E-state index in [0.29, 0.717) is 23.8 Å². The molecule has 0 aromatic heterocycles. The average molecular weight is 300 g/mol. The second-order valence-electron chi connectivity index (χ2n) is 5.08. The largest absolute Gasteiger partial charge is 0.496 e. The number of aliphatic hydroxyl groups is 1. The van der Waals surface area contributed by atoms with Crippen LogP contribution in [0.5, 0.6) is 5.75 Å². The highest BCUT2D eigenvalue weighted by atomic mass is 35.5. The summed E-state index contributed by atoms with van der Waals surface area (Å²) in [6.45, 7) is 4.82. The summed E-state index contributed by atoms with van der Waals surface area (Å²) < 4.78 is 5.23. The van der Waals surface area contributed by atoms with Gasteiger partial charge < -0.3 is 14.7 Å². The Hall–Kier alpha value is -1.26. The summed E-state index contributed by atoms with van der Waals surface area (Å²) in [7, 11) is 1.56. The molecule has 0 aliphatic rings. The van der Waals surface area contributed by atoms with Gasteiger partial charge in [-0.15, -0.1) is 11.6 Å². The fraction of sp³-hybridized carbons (Fsp3) is 0.533. The predicted molar refractivity (Wildman–Crippen MR) is 80.1 cm³/mol. The van der Waals surface area contributed by atoms with Crippen LogP contribution in [0.4, 0.5) is 0 Å². The zero-order valence-corrected chi connectivity index (χ0v) is 12.9. The Morgan fingerprint density at radius 1 is 1.35 bits per heavy atom. The number of para-hydroxylation sites is 1. The van der Waals surface area contributed by atoms with E-state index in [1.54, 1.807) is 24.1 Å². The van der Waals surface area contributed by atoms with Gasteiger partial charge in [-0.25, -0.2) is 0 Å². The molecule has 112 valence electrons. The zero-order chi connectivity index (χ0) is 15.1. The number of hydrogen-bond donors (Lipinski definition) is 1. The molecule has 1 amide bonds. The molecule has 0 aliphatic carbocycles. The highest BCUT2D eigenvalue weighted by molar-refractivity contribution is 6.27. The normalized spacial score (nSPS) is 12.3. The predicted octanol–water partition coefficient (Wildman–Crippen LogP) is 2.45. The SMILES string of the molecule is COc1ccccc1C(O)CN(CC(C)C)C(=O)CCl. The van der Waals surface area contributed by atoms with Gasteiger partial charge in [0.25, 0.3) is 0 Å². The number of hydrogen-bond acceptors (Lipinski definition) is 3. The fourth-order valence-corrected chi connectivity index (χ4v) is 2.22. The van der Waals surface area contributed by atoms with E-state index in [-0.39, 0.29) is 18.3 Å². The number of amides is 1. The van der Waals surface area contributed by atoms with Gasteiger partial charge in [-0.2, -0.15) is 0 Å². The van der Waals surface area contributed by atoms with Gasteiger partial charge in [-0.05, 0) is 12.0 Å². The van der Waals surface area contributed by atoms with Crippen molar-refractivity contribution in [3.05, 3.63) is 29.8 Å². The monoisotopic (exact) mass is 299 g/mol. The van der Waals surface area contributed by atoms with Crippen LogP contribution in [0.3, 0.4) is 0 Å². The van der Waals surface area contributed by atoms with E-state index >= 15 is 0 Å². The molecule has 1 atom stereocenters. The van der Waals surface area contributed by atoms with Crippen molar-refractivity contribution in [3.8, 4) is 5.75 Å². The molecule has 4 nitrogen and oxygen atoms in total. The summed E-state index contributed by atoms with van der Waals surface area (Å²) >= 11 is 5.62. The highest BCUT2D eigenvalue weighted by Gasteiger charge is 2.20. The minimum absolute atomic E-state index is 0.0780. The van der Waals surface area contributed by atoms with Crippen molar-refractivity contribution < 1.29 is 14.6 Å². The number of rotatable bonds is 7. The van der Waals surface area contributed by atoms with Gasteiger partial charge in [0.15, 0.2) is 0 Å². The van der Waals surface area contributed by atoms with E-state index in [4.69, 9.17) is 16.3 Å². The van der Waals surface area contributed by atoms with Crippen LogP contribution in [0.25, 0.3) is 0 Å². The van der Waals surface area contributed by atoms with Crippen molar-refractivity contribution in [2.24, 2.45) is 5.92 Å². The van der Waals surface area contributed by atoms with Crippen LogP contribution < -0.4 is 4.74 Å². The molecule has 0 aliphatic heterocycles. The molecule has 20 heavy (non-hydrogen) atoms. The van der Waals surface area contributed by atoms with E-state index in [1.165, 1.54) is 0 Å². The minimum atomic E-state index is -0.794. The summed E-state index contributed by atoms with van der Waals surface area (Å²) in [6.07, 6.45) is -0.794. The van der Waals surface area contributed by atoms with Crippen LogP contribution in [0.2, 0.25) is 0 Å². The summed E-state index contributed by atoms with van der Waals surface area (Å²) in [4.78, 5) is 13.4. The first kappa shape index (κ1) is 16.8. The molecule has 0 bridgehead atoms. The third-order valence-electron chi connectivity index (χ3n) is 2.94. The van der Waals surface area contributed by atoms with Gasteiger partial charge in [-0.1, -0.05) is 32.0 Å². The second-order valence-corrected chi connectivity index (χ2v) is 5.35. The lowest BCUT2D eigenvalue weighted by Gasteiger charge is -2.27. The number of nitrogens with zero attached hydrogens (tertiary/aromatic N) is 1. The Kier molecular flexibility index (Phi) is 6.82. The van der Waals surface area contributed by atoms with Crippen molar-refractivity contribution in [2.75, 3.05) is 26.1 Å². The van der Waals surface area contributed by atoms with Crippen molar-refractivity contribution in [1.82, 2.24) is 4.90 Å².